The van der Waals surface area contributed by atoms with E-state index in [0.29, 0.717) is 11.3 Å². The highest BCUT2D eigenvalue weighted by atomic mass is 16.5. The Kier molecular flexibility index (Phi) is 5.45. The third kappa shape index (κ3) is 5.27. The van der Waals surface area contributed by atoms with Gasteiger partial charge in [0.05, 0.1) is 13.1 Å². The Labute approximate surface area is 132 Å². The van der Waals surface area contributed by atoms with Crippen LogP contribution in [0.15, 0.2) is 40.9 Å². The van der Waals surface area contributed by atoms with Gasteiger partial charge in [-0.05, 0) is 19.1 Å². The fraction of sp³-hybridized carbons (Fsp3) is 0.200. The first-order valence-electron chi connectivity index (χ1n) is 6.87. The summed E-state index contributed by atoms with van der Waals surface area (Å²) in [6.45, 7) is 1.25. The zero-order chi connectivity index (χ0) is 16.7. The second kappa shape index (κ2) is 7.74. The minimum Gasteiger partial charge on any atom is -0.360 e. The molecule has 0 radical (unpaired) electrons. The molecule has 0 aliphatic heterocycles. The summed E-state index contributed by atoms with van der Waals surface area (Å²) in [5, 5.41) is 10.9. The number of nitrogens with zero attached hydrogens (tertiary/aromatic N) is 1. The van der Waals surface area contributed by atoms with Gasteiger partial charge in [-0.3, -0.25) is 14.4 Å². The van der Waals surface area contributed by atoms with Crippen LogP contribution in [0.5, 0.6) is 0 Å². The largest absolute Gasteiger partial charge is 0.360 e. The summed E-state index contributed by atoms with van der Waals surface area (Å²) in [5.74, 6) is -0.433. The number of nitrogens with one attached hydrogen (secondary N) is 3. The van der Waals surface area contributed by atoms with Crippen LogP contribution >= 0.6 is 0 Å². The molecule has 0 aliphatic carbocycles. The number of benzene rings is 1. The quantitative estimate of drug-likeness (QED) is 0.717. The molecule has 1 aromatic heterocycles. The number of amides is 3. The highest BCUT2D eigenvalue weighted by Crippen LogP contribution is 2.06. The highest BCUT2D eigenvalue weighted by Gasteiger charge is 2.10. The van der Waals surface area contributed by atoms with Crippen LogP contribution < -0.4 is 16.0 Å². The van der Waals surface area contributed by atoms with Crippen molar-refractivity contribution in [1.82, 2.24) is 15.8 Å². The monoisotopic (exact) mass is 316 g/mol. The number of anilines is 1. The van der Waals surface area contributed by atoms with Crippen molar-refractivity contribution in [3.05, 3.63) is 47.7 Å². The third-order valence-electron chi connectivity index (χ3n) is 2.79. The van der Waals surface area contributed by atoms with E-state index in [1.54, 1.807) is 43.3 Å². The van der Waals surface area contributed by atoms with E-state index in [4.69, 9.17) is 4.52 Å². The molecule has 23 heavy (non-hydrogen) atoms. The summed E-state index contributed by atoms with van der Waals surface area (Å²) in [4.78, 5) is 34.9. The van der Waals surface area contributed by atoms with Crippen molar-refractivity contribution in [2.75, 3.05) is 18.4 Å². The van der Waals surface area contributed by atoms with Gasteiger partial charge in [0.15, 0.2) is 5.82 Å². The van der Waals surface area contributed by atoms with Gasteiger partial charge in [0.25, 0.3) is 5.91 Å². The number of hydrogen-bond donors (Lipinski definition) is 3. The molecular weight excluding hydrogens is 300 g/mol. The molecule has 0 saturated heterocycles. The fourth-order valence-corrected chi connectivity index (χ4v) is 1.71. The van der Waals surface area contributed by atoms with E-state index < -0.39 is 11.8 Å². The molecule has 1 heterocycles. The lowest BCUT2D eigenvalue weighted by atomic mass is 10.2. The van der Waals surface area contributed by atoms with Gasteiger partial charge in [-0.1, -0.05) is 23.4 Å². The van der Waals surface area contributed by atoms with E-state index >= 15 is 0 Å². The predicted molar refractivity (Wildman–Crippen MR) is 81.7 cm³/mol. The molecule has 0 fully saturated rings. The number of rotatable bonds is 6. The Bertz CT molecular complexity index is 697. The van der Waals surface area contributed by atoms with E-state index in [2.05, 4.69) is 21.1 Å². The SMILES string of the molecule is Cc1cc(NC(=O)CNC(=O)CNC(=O)c2ccccc2)no1. The van der Waals surface area contributed by atoms with Gasteiger partial charge in [0.2, 0.25) is 11.8 Å². The minimum absolute atomic E-state index is 0.218. The molecule has 8 heteroatoms. The molecule has 0 bridgehead atoms. The first kappa shape index (κ1) is 16.2. The molecule has 8 nitrogen and oxygen atoms in total. The first-order chi connectivity index (χ1) is 11.0. The van der Waals surface area contributed by atoms with Crippen LogP contribution in [0.1, 0.15) is 16.1 Å². The Morgan fingerprint density at radius 3 is 2.39 bits per heavy atom. The maximum absolute atomic E-state index is 11.7. The third-order valence-corrected chi connectivity index (χ3v) is 2.79. The van der Waals surface area contributed by atoms with Crippen molar-refractivity contribution in [3.63, 3.8) is 0 Å². The van der Waals surface area contributed by atoms with Crippen molar-refractivity contribution in [1.29, 1.82) is 0 Å². The van der Waals surface area contributed by atoms with Gasteiger partial charge in [-0.25, -0.2) is 0 Å². The Balaban J connectivity index is 1.68. The first-order valence-corrected chi connectivity index (χ1v) is 6.87. The van der Waals surface area contributed by atoms with Crippen LogP contribution in [0.25, 0.3) is 0 Å². The fourth-order valence-electron chi connectivity index (χ4n) is 1.71. The zero-order valence-electron chi connectivity index (χ0n) is 12.5. The zero-order valence-corrected chi connectivity index (χ0v) is 12.5. The van der Waals surface area contributed by atoms with Crippen LogP contribution in [0.2, 0.25) is 0 Å². The Morgan fingerprint density at radius 2 is 1.74 bits per heavy atom. The van der Waals surface area contributed by atoms with Crippen LogP contribution in [0, 0.1) is 6.92 Å². The average Bonchev–Trinajstić information content (AvgIpc) is 2.96. The Morgan fingerprint density at radius 1 is 1.04 bits per heavy atom. The standard InChI is InChI=1S/C15H16N4O4/c1-10-7-12(19-23-10)18-14(21)9-16-13(20)8-17-15(22)11-5-3-2-4-6-11/h2-7H,8-9H2,1H3,(H,16,20)(H,17,22)(H,18,19,21). The van der Waals surface area contributed by atoms with Gasteiger partial charge in [-0.15, -0.1) is 0 Å². The van der Waals surface area contributed by atoms with E-state index in [1.165, 1.54) is 0 Å². The molecule has 3 amide bonds. The number of hydrogen-bond acceptors (Lipinski definition) is 5. The van der Waals surface area contributed by atoms with E-state index in [0.717, 1.165) is 0 Å². The van der Waals surface area contributed by atoms with Gasteiger partial charge >= 0.3 is 0 Å². The summed E-state index contributed by atoms with van der Waals surface area (Å²) in [5.41, 5.74) is 0.458. The van der Waals surface area contributed by atoms with E-state index in [-0.39, 0.29) is 24.8 Å². The molecule has 0 atom stereocenters. The normalized spacial score (nSPS) is 9.96. The van der Waals surface area contributed by atoms with Crippen LogP contribution in [0.4, 0.5) is 5.82 Å². The van der Waals surface area contributed by atoms with Crippen molar-refractivity contribution in [2.24, 2.45) is 0 Å². The summed E-state index contributed by atoms with van der Waals surface area (Å²) < 4.78 is 4.80. The highest BCUT2D eigenvalue weighted by molar-refractivity contribution is 5.97. The summed E-state index contributed by atoms with van der Waals surface area (Å²) in [6.07, 6.45) is 0. The summed E-state index contributed by atoms with van der Waals surface area (Å²) >= 11 is 0. The van der Waals surface area contributed by atoms with Gasteiger partial charge in [0, 0.05) is 11.6 Å². The van der Waals surface area contributed by atoms with Crippen molar-refractivity contribution >= 4 is 23.5 Å². The summed E-state index contributed by atoms with van der Waals surface area (Å²) in [7, 11) is 0. The van der Waals surface area contributed by atoms with Crippen molar-refractivity contribution in [3.8, 4) is 0 Å². The average molecular weight is 316 g/mol. The maximum Gasteiger partial charge on any atom is 0.251 e. The minimum atomic E-state index is -0.472. The molecule has 120 valence electrons. The van der Waals surface area contributed by atoms with Gasteiger partial charge in [-0.2, -0.15) is 0 Å². The molecular formula is C15H16N4O4. The van der Waals surface area contributed by atoms with Gasteiger partial charge in [0.1, 0.15) is 5.76 Å². The van der Waals surface area contributed by atoms with Crippen molar-refractivity contribution < 1.29 is 18.9 Å². The second-order valence-corrected chi connectivity index (χ2v) is 4.70. The molecule has 3 N–H and O–H groups in total. The molecule has 0 saturated carbocycles. The van der Waals surface area contributed by atoms with Gasteiger partial charge < -0.3 is 20.5 Å². The number of aromatic nitrogens is 1. The maximum atomic E-state index is 11.7. The molecule has 0 aliphatic rings. The lowest BCUT2D eigenvalue weighted by molar-refractivity contribution is -0.123. The number of aryl methyl sites for hydroxylation is 1. The topological polar surface area (TPSA) is 113 Å². The number of carbonyl (C=O) groups is 3. The molecule has 1 aromatic carbocycles. The smallest absolute Gasteiger partial charge is 0.251 e. The molecule has 0 unspecified atom stereocenters. The van der Waals surface area contributed by atoms with E-state index in [9.17, 15) is 14.4 Å². The van der Waals surface area contributed by atoms with Crippen LogP contribution in [-0.4, -0.2) is 36.0 Å². The lowest BCUT2D eigenvalue weighted by Crippen LogP contribution is -2.40. The lowest BCUT2D eigenvalue weighted by Gasteiger charge is -2.06. The van der Waals surface area contributed by atoms with Crippen molar-refractivity contribution in [2.45, 2.75) is 6.92 Å². The number of carbonyl (C=O) groups excluding carboxylic acids is 3. The molecule has 2 rings (SSSR count). The molecule has 0 spiro atoms. The Hall–Kier alpha value is -3.16. The predicted octanol–water partition coefficient (Wildman–Crippen LogP) is 0.468. The molecule has 2 aromatic rings. The second-order valence-electron chi connectivity index (χ2n) is 4.70. The summed E-state index contributed by atoms with van der Waals surface area (Å²) in [6, 6.07) is 10.1. The van der Waals surface area contributed by atoms with Crippen LogP contribution in [-0.2, 0) is 9.59 Å². The van der Waals surface area contributed by atoms with E-state index in [1.807, 2.05) is 0 Å². The van der Waals surface area contributed by atoms with Crippen LogP contribution in [0.3, 0.4) is 0 Å².